The van der Waals surface area contributed by atoms with E-state index < -0.39 is 0 Å². The average Bonchev–Trinajstić information content (AvgIpc) is 3.27. The van der Waals surface area contributed by atoms with E-state index in [0.717, 1.165) is 18.7 Å². The molecule has 1 heterocycles. The van der Waals surface area contributed by atoms with Crippen molar-refractivity contribution in [2.75, 3.05) is 31.6 Å². The lowest BCUT2D eigenvalue weighted by Gasteiger charge is -2.17. The highest BCUT2D eigenvalue weighted by atomic mass is 16.5. The van der Waals surface area contributed by atoms with E-state index in [-0.39, 0.29) is 24.8 Å². The Morgan fingerprint density at radius 1 is 1.00 bits per heavy atom. The summed E-state index contributed by atoms with van der Waals surface area (Å²) in [4.78, 5) is 26.6. The molecule has 2 N–H and O–H groups in total. The van der Waals surface area contributed by atoms with Gasteiger partial charge in [-0.05, 0) is 42.7 Å². The Balaban J connectivity index is 1.39. The maximum absolute atomic E-state index is 12.2. The zero-order chi connectivity index (χ0) is 19.8. The number of ether oxygens (including phenoxy) is 1. The molecule has 6 heteroatoms. The SMILES string of the molecule is COc1ccccc1C(=O)NCCC(=O)NCc1ccc(N2CCCC2)cc1. The van der Waals surface area contributed by atoms with Crippen LogP contribution in [0.25, 0.3) is 0 Å². The number of nitrogens with one attached hydrogen (secondary N) is 2. The maximum atomic E-state index is 12.2. The molecule has 0 atom stereocenters. The Kier molecular flexibility index (Phi) is 6.89. The molecule has 0 radical (unpaired) electrons. The van der Waals surface area contributed by atoms with Gasteiger partial charge in [0.25, 0.3) is 5.91 Å². The molecule has 2 amide bonds. The zero-order valence-corrected chi connectivity index (χ0v) is 16.2. The summed E-state index contributed by atoms with van der Waals surface area (Å²) in [7, 11) is 1.53. The quantitative estimate of drug-likeness (QED) is 0.738. The van der Waals surface area contributed by atoms with E-state index in [1.807, 2.05) is 0 Å². The first kappa shape index (κ1) is 19.7. The lowest BCUT2D eigenvalue weighted by atomic mass is 10.2. The Morgan fingerprint density at radius 3 is 2.43 bits per heavy atom. The summed E-state index contributed by atoms with van der Waals surface area (Å²) < 4.78 is 5.18. The lowest BCUT2D eigenvalue weighted by Crippen LogP contribution is -2.30. The highest BCUT2D eigenvalue weighted by Crippen LogP contribution is 2.20. The Morgan fingerprint density at radius 2 is 1.71 bits per heavy atom. The van der Waals surface area contributed by atoms with Crippen LogP contribution in [0.15, 0.2) is 48.5 Å². The van der Waals surface area contributed by atoms with Gasteiger partial charge in [0.15, 0.2) is 0 Å². The molecule has 0 unspecified atom stereocenters. The van der Waals surface area contributed by atoms with Crippen LogP contribution in [-0.2, 0) is 11.3 Å². The normalized spacial score (nSPS) is 13.2. The number of nitrogens with zero attached hydrogens (tertiary/aromatic N) is 1. The molecule has 1 aliphatic heterocycles. The third kappa shape index (κ3) is 5.25. The van der Waals surface area contributed by atoms with Gasteiger partial charge in [-0.1, -0.05) is 24.3 Å². The summed E-state index contributed by atoms with van der Waals surface area (Å²) in [5, 5.41) is 5.65. The number of carbonyl (C=O) groups is 2. The second-order valence-corrected chi connectivity index (χ2v) is 6.84. The van der Waals surface area contributed by atoms with Gasteiger partial charge in [-0.25, -0.2) is 0 Å². The molecule has 2 aromatic carbocycles. The van der Waals surface area contributed by atoms with E-state index in [1.165, 1.54) is 25.6 Å². The highest BCUT2D eigenvalue weighted by molar-refractivity contribution is 5.97. The number of rotatable bonds is 8. The van der Waals surface area contributed by atoms with Gasteiger partial charge < -0.3 is 20.3 Å². The molecule has 0 aliphatic carbocycles. The van der Waals surface area contributed by atoms with Crippen LogP contribution in [-0.4, -0.2) is 38.6 Å². The minimum absolute atomic E-state index is 0.0936. The molecule has 1 aliphatic rings. The van der Waals surface area contributed by atoms with Crippen LogP contribution in [0.1, 0.15) is 35.2 Å². The molecule has 0 aromatic heterocycles. The number of benzene rings is 2. The molecule has 2 aromatic rings. The number of hydrogen-bond acceptors (Lipinski definition) is 4. The fraction of sp³-hybridized carbons (Fsp3) is 0.364. The van der Waals surface area contributed by atoms with Crippen LogP contribution in [0.2, 0.25) is 0 Å². The monoisotopic (exact) mass is 381 g/mol. The summed E-state index contributed by atoms with van der Waals surface area (Å²) in [5.74, 6) is 0.175. The first-order valence-electron chi connectivity index (χ1n) is 9.69. The van der Waals surface area contributed by atoms with E-state index in [9.17, 15) is 9.59 Å². The van der Waals surface area contributed by atoms with E-state index in [1.54, 1.807) is 24.3 Å². The van der Waals surface area contributed by atoms with Crippen molar-refractivity contribution < 1.29 is 14.3 Å². The van der Waals surface area contributed by atoms with Gasteiger partial charge in [-0.15, -0.1) is 0 Å². The molecule has 0 spiro atoms. The van der Waals surface area contributed by atoms with E-state index in [4.69, 9.17) is 4.74 Å². The summed E-state index contributed by atoms with van der Waals surface area (Å²) in [6.45, 7) is 3.00. The van der Waals surface area contributed by atoms with E-state index in [0.29, 0.717) is 17.9 Å². The summed E-state index contributed by atoms with van der Waals surface area (Å²) >= 11 is 0. The van der Waals surface area contributed by atoms with Crippen LogP contribution in [0.5, 0.6) is 5.75 Å². The number of carbonyl (C=O) groups excluding carboxylic acids is 2. The Bertz CT molecular complexity index is 799. The van der Waals surface area contributed by atoms with E-state index >= 15 is 0 Å². The van der Waals surface area contributed by atoms with Crippen LogP contribution >= 0.6 is 0 Å². The molecule has 1 fully saturated rings. The number of anilines is 1. The van der Waals surface area contributed by atoms with Crippen molar-refractivity contribution >= 4 is 17.5 Å². The molecule has 6 nitrogen and oxygen atoms in total. The van der Waals surface area contributed by atoms with Crippen molar-refractivity contribution in [1.82, 2.24) is 10.6 Å². The second-order valence-electron chi connectivity index (χ2n) is 6.84. The number of hydrogen-bond donors (Lipinski definition) is 2. The molecule has 28 heavy (non-hydrogen) atoms. The summed E-state index contributed by atoms with van der Waals surface area (Å²) in [6, 6.07) is 15.3. The molecule has 148 valence electrons. The molecule has 0 bridgehead atoms. The summed E-state index contributed by atoms with van der Waals surface area (Å²) in [6.07, 6.45) is 2.74. The van der Waals surface area contributed by atoms with Crippen LogP contribution in [0.3, 0.4) is 0 Å². The van der Waals surface area contributed by atoms with Gasteiger partial charge >= 0.3 is 0 Å². The molecule has 0 saturated carbocycles. The van der Waals surface area contributed by atoms with Crippen molar-refractivity contribution in [3.8, 4) is 5.75 Å². The van der Waals surface area contributed by atoms with E-state index in [2.05, 4.69) is 39.8 Å². The third-order valence-corrected chi connectivity index (χ3v) is 4.89. The lowest BCUT2D eigenvalue weighted by molar-refractivity contribution is -0.121. The predicted octanol–water partition coefficient (Wildman–Crippen LogP) is 2.73. The molecule has 1 saturated heterocycles. The topological polar surface area (TPSA) is 70.7 Å². The molecular weight excluding hydrogens is 354 g/mol. The van der Waals surface area contributed by atoms with Gasteiger partial charge in [0.05, 0.1) is 12.7 Å². The van der Waals surface area contributed by atoms with Gasteiger partial charge in [0.1, 0.15) is 5.75 Å². The van der Waals surface area contributed by atoms with Gasteiger partial charge in [0.2, 0.25) is 5.91 Å². The van der Waals surface area contributed by atoms with Crippen LogP contribution in [0, 0.1) is 0 Å². The first-order chi connectivity index (χ1) is 13.7. The van der Waals surface area contributed by atoms with Crippen LogP contribution < -0.4 is 20.3 Å². The van der Waals surface area contributed by atoms with Crippen molar-refractivity contribution in [3.05, 3.63) is 59.7 Å². The fourth-order valence-corrected chi connectivity index (χ4v) is 3.31. The number of para-hydroxylation sites is 1. The highest BCUT2D eigenvalue weighted by Gasteiger charge is 2.13. The fourth-order valence-electron chi connectivity index (χ4n) is 3.31. The van der Waals surface area contributed by atoms with Gasteiger partial charge in [-0.2, -0.15) is 0 Å². The third-order valence-electron chi connectivity index (χ3n) is 4.89. The molecular formula is C22H27N3O3. The number of amides is 2. The molecule has 3 rings (SSSR count). The van der Waals surface area contributed by atoms with Crippen molar-refractivity contribution in [1.29, 1.82) is 0 Å². The first-order valence-corrected chi connectivity index (χ1v) is 9.69. The Hall–Kier alpha value is -3.02. The van der Waals surface area contributed by atoms with Crippen LogP contribution in [0.4, 0.5) is 5.69 Å². The number of methoxy groups -OCH3 is 1. The van der Waals surface area contributed by atoms with Gasteiger partial charge in [-0.3, -0.25) is 9.59 Å². The predicted molar refractivity (Wildman–Crippen MR) is 110 cm³/mol. The minimum Gasteiger partial charge on any atom is -0.496 e. The van der Waals surface area contributed by atoms with Crippen molar-refractivity contribution in [3.63, 3.8) is 0 Å². The van der Waals surface area contributed by atoms with Crippen molar-refractivity contribution in [2.45, 2.75) is 25.8 Å². The summed E-state index contributed by atoms with van der Waals surface area (Å²) in [5.41, 5.74) is 2.77. The Labute approximate surface area is 165 Å². The van der Waals surface area contributed by atoms with Crippen molar-refractivity contribution in [2.24, 2.45) is 0 Å². The minimum atomic E-state index is -0.247. The average molecular weight is 381 g/mol. The van der Waals surface area contributed by atoms with Gasteiger partial charge in [0, 0.05) is 38.3 Å². The largest absolute Gasteiger partial charge is 0.496 e. The standard InChI is InChI=1S/C22H27N3O3/c1-28-20-7-3-2-6-19(20)22(27)23-13-12-21(26)24-16-17-8-10-18(11-9-17)25-14-4-5-15-25/h2-3,6-11H,4-5,12-16H2,1H3,(H,23,27)(H,24,26). The smallest absolute Gasteiger partial charge is 0.255 e. The zero-order valence-electron chi connectivity index (χ0n) is 16.2. The second kappa shape index (κ2) is 9.78. The maximum Gasteiger partial charge on any atom is 0.255 e.